The number of para-hydroxylation sites is 1. The second-order valence-corrected chi connectivity index (χ2v) is 19.7. The van der Waals surface area contributed by atoms with E-state index in [1.165, 1.54) is 109 Å². The van der Waals surface area contributed by atoms with Gasteiger partial charge in [0.2, 0.25) is 0 Å². The highest BCUT2D eigenvalue weighted by Crippen LogP contribution is 2.49. The van der Waals surface area contributed by atoms with Crippen molar-refractivity contribution < 1.29 is 0 Å². The maximum Gasteiger partial charge on any atom is 0.168 e. The summed E-state index contributed by atoms with van der Waals surface area (Å²) in [4.78, 5) is 0. The lowest BCUT2D eigenvalue weighted by Crippen LogP contribution is -2.00. The van der Waals surface area contributed by atoms with Crippen LogP contribution < -0.4 is 0 Å². The number of aromatic nitrogens is 3. The molecule has 14 aromatic carbocycles. The van der Waals surface area contributed by atoms with E-state index in [-0.39, 0.29) is 0 Å². The van der Waals surface area contributed by atoms with Gasteiger partial charge in [-0.3, -0.25) is 4.57 Å². The molecule has 1 heterocycles. The van der Waals surface area contributed by atoms with Crippen LogP contribution >= 0.6 is 0 Å². The molecule has 1 aromatic heterocycles. The largest absolute Gasteiger partial charge is 0.275 e. The lowest BCUT2D eigenvalue weighted by molar-refractivity contribution is 1.07. The van der Waals surface area contributed by atoms with Gasteiger partial charge < -0.3 is 0 Å². The number of hydrogen-bond donors (Lipinski definition) is 0. The van der Waals surface area contributed by atoms with Crippen LogP contribution in [0, 0.1) is 0 Å². The molecule has 0 unspecified atom stereocenters. The lowest BCUT2D eigenvalue weighted by atomic mass is 9.82. The summed E-state index contributed by atoms with van der Waals surface area (Å²) >= 11 is 0. The number of nitrogens with zero attached hydrogens (tertiary/aromatic N) is 3. The molecule has 0 amide bonds. The molecule has 3 nitrogen and oxygen atoms in total. The van der Waals surface area contributed by atoms with E-state index in [0.29, 0.717) is 0 Å². The molecule has 0 fully saturated rings. The summed E-state index contributed by atoms with van der Waals surface area (Å²) in [6, 6.07) is 99.8. The summed E-state index contributed by atoms with van der Waals surface area (Å²) in [5.74, 6) is 1.61. The van der Waals surface area contributed by atoms with Crippen LogP contribution in [0.4, 0.5) is 0 Å². The second kappa shape index (κ2) is 17.4. The zero-order chi connectivity index (χ0) is 49.4. The summed E-state index contributed by atoms with van der Waals surface area (Å²) in [7, 11) is 0. The first-order valence-corrected chi connectivity index (χ1v) is 25.7. The third kappa shape index (κ3) is 7.05. The summed E-state index contributed by atoms with van der Waals surface area (Å²) < 4.78 is 2.16. The molecule has 0 radical (unpaired) electrons. The van der Waals surface area contributed by atoms with Crippen LogP contribution in [-0.4, -0.2) is 14.8 Å². The molecule has 0 saturated heterocycles. The van der Waals surface area contributed by atoms with Crippen molar-refractivity contribution >= 4 is 75.4 Å². The van der Waals surface area contributed by atoms with Crippen molar-refractivity contribution in [2.75, 3.05) is 0 Å². The maximum atomic E-state index is 4.81. The Morgan fingerprint density at radius 2 is 0.507 bits per heavy atom. The Morgan fingerprint density at radius 3 is 0.987 bits per heavy atom. The zero-order valence-corrected chi connectivity index (χ0v) is 40.8. The smallest absolute Gasteiger partial charge is 0.168 e. The minimum atomic E-state index is 0.801. The van der Waals surface area contributed by atoms with Gasteiger partial charge in [0, 0.05) is 16.8 Å². The number of benzene rings is 14. The Bertz CT molecular complexity index is 4700. The first kappa shape index (κ1) is 42.7. The molecular formula is C72H45N3. The average molecular weight is 952 g/mol. The molecule has 15 rings (SSSR count). The molecule has 75 heavy (non-hydrogen) atoms. The van der Waals surface area contributed by atoms with Gasteiger partial charge in [-0.05, 0) is 162 Å². The first-order valence-electron chi connectivity index (χ1n) is 25.7. The quantitative estimate of drug-likeness (QED) is 0.149. The first-order chi connectivity index (χ1) is 37.2. The highest BCUT2D eigenvalue weighted by atomic mass is 15.3. The van der Waals surface area contributed by atoms with E-state index in [2.05, 4.69) is 253 Å². The van der Waals surface area contributed by atoms with Gasteiger partial charge in [-0.15, -0.1) is 10.2 Å². The van der Waals surface area contributed by atoms with Crippen molar-refractivity contribution in [2.45, 2.75) is 0 Å². The molecule has 0 aliphatic rings. The SMILES string of the molecule is c1ccc(-c2nnc(-c3ccc4cc(-c5c6ccccc6c(-c6ccc7c(-c8ccc9ccccc9c8)c8ccccc8c(-c8ccc9ccccc9c8)c7c6)c6ccccc56)ccc4c3)n2-c2ccccc2)cc1. The van der Waals surface area contributed by atoms with Crippen LogP contribution in [0.25, 0.3) is 148 Å². The molecular weight excluding hydrogens is 907 g/mol. The molecule has 3 heteroatoms. The molecule has 0 N–H and O–H groups in total. The fourth-order valence-corrected chi connectivity index (χ4v) is 12.0. The Hall–Kier alpha value is -9.96. The Kier molecular flexibility index (Phi) is 9.89. The van der Waals surface area contributed by atoms with Crippen molar-refractivity contribution in [3.05, 3.63) is 273 Å². The second-order valence-electron chi connectivity index (χ2n) is 19.7. The van der Waals surface area contributed by atoms with Crippen molar-refractivity contribution in [3.63, 3.8) is 0 Å². The van der Waals surface area contributed by atoms with Gasteiger partial charge in [0.1, 0.15) is 0 Å². The molecule has 0 aliphatic heterocycles. The molecule has 0 saturated carbocycles. The van der Waals surface area contributed by atoms with E-state index in [9.17, 15) is 0 Å². The fraction of sp³-hybridized carbons (Fsp3) is 0. The van der Waals surface area contributed by atoms with Crippen LogP contribution in [0.2, 0.25) is 0 Å². The van der Waals surface area contributed by atoms with E-state index < -0.39 is 0 Å². The van der Waals surface area contributed by atoms with Crippen LogP contribution in [0.1, 0.15) is 0 Å². The molecule has 0 spiro atoms. The van der Waals surface area contributed by atoms with Gasteiger partial charge >= 0.3 is 0 Å². The summed E-state index contributed by atoms with van der Waals surface area (Å²) in [6.07, 6.45) is 0. The lowest BCUT2D eigenvalue weighted by Gasteiger charge is -2.21. The van der Waals surface area contributed by atoms with Crippen LogP contribution in [0.3, 0.4) is 0 Å². The predicted octanol–water partition coefficient (Wildman–Crippen LogP) is 19.3. The van der Waals surface area contributed by atoms with Crippen LogP contribution in [0.5, 0.6) is 0 Å². The average Bonchev–Trinajstić information content (AvgIpc) is 3.96. The number of hydrogen-bond acceptors (Lipinski definition) is 2. The van der Waals surface area contributed by atoms with Gasteiger partial charge in [0.15, 0.2) is 11.6 Å². The van der Waals surface area contributed by atoms with E-state index in [1.807, 2.05) is 24.3 Å². The number of rotatable bonds is 7. The molecule has 15 aromatic rings. The molecule has 0 bridgehead atoms. The van der Waals surface area contributed by atoms with Gasteiger partial charge in [-0.2, -0.15) is 0 Å². The Morgan fingerprint density at radius 1 is 0.200 bits per heavy atom. The van der Waals surface area contributed by atoms with Gasteiger partial charge in [-0.25, -0.2) is 0 Å². The van der Waals surface area contributed by atoms with Crippen molar-refractivity contribution in [3.8, 4) is 73.0 Å². The predicted molar refractivity (Wildman–Crippen MR) is 317 cm³/mol. The molecule has 0 aliphatic carbocycles. The summed E-state index contributed by atoms with van der Waals surface area (Å²) in [5.41, 5.74) is 12.8. The third-order valence-corrected chi connectivity index (χ3v) is 15.4. The van der Waals surface area contributed by atoms with E-state index in [4.69, 9.17) is 10.2 Å². The minimum Gasteiger partial charge on any atom is -0.275 e. The monoisotopic (exact) mass is 951 g/mol. The van der Waals surface area contributed by atoms with E-state index in [1.54, 1.807) is 0 Å². The Balaban J connectivity index is 0.924. The molecule has 0 atom stereocenters. The van der Waals surface area contributed by atoms with E-state index in [0.717, 1.165) is 39.2 Å². The zero-order valence-electron chi connectivity index (χ0n) is 40.8. The highest BCUT2D eigenvalue weighted by molar-refractivity contribution is 6.25. The van der Waals surface area contributed by atoms with Gasteiger partial charge in [-0.1, -0.05) is 231 Å². The maximum absolute atomic E-state index is 4.81. The van der Waals surface area contributed by atoms with Crippen LogP contribution in [0.15, 0.2) is 273 Å². The highest BCUT2D eigenvalue weighted by Gasteiger charge is 2.22. The number of fused-ring (bicyclic) bond motifs is 7. The van der Waals surface area contributed by atoms with Crippen LogP contribution in [-0.2, 0) is 0 Å². The Labute approximate surface area is 433 Å². The molecule has 348 valence electrons. The summed E-state index contributed by atoms with van der Waals surface area (Å²) in [6.45, 7) is 0. The summed E-state index contributed by atoms with van der Waals surface area (Å²) in [5, 5.41) is 26.6. The van der Waals surface area contributed by atoms with Crippen molar-refractivity contribution in [2.24, 2.45) is 0 Å². The third-order valence-electron chi connectivity index (χ3n) is 15.4. The minimum absolute atomic E-state index is 0.801. The normalized spacial score (nSPS) is 11.7. The van der Waals surface area contributed by atoms with Crippen molar-refractivity contribution in [1.29, 1.82) is 0 Å². The van der Waals surface area contributed by atoms with Gasteiger partial charge in [0.25, 0.3) is 0 Å². The van der Waals surface area contributed by atoms with Gasteiger partial charge in [0.05, 0.1) is 0 Å². The van der Waals surface area contributed by atoms with Crippen molar-refractivity contribution in [1.82, 2.24) is 14.8 Å². The fourth-order valence-electron chi connectivity index (χ4n) is 12.0. The van der Waals surface area contributed by atoms with E-state index >= 15 is 0 Å². The topological polar surface area (TPSA) is 30.7 Å². The standard InChI is InChI=1S/C72H45N3/c1-3-19-48(20-4-1)71-73-74-72(75(71)58-23-5-2-6-24-58)57-38-34-51-43-54(37-33-52(51)44-57)67-59-25-11-13-27-61(59)69(62-28-14-12-26-60(62)67)56-39-40-65-66(45-56)70(55-36-32-47-18-8-10-22-50(47)42-55)64-30-16-15-29-63(64)68(65)53-35-31-46-17-7-9-21-49(46)41-53/h1-45H.